The molecule has 5 heteroatoms. The van der Waals surface area contributed by atoms with Gasteiger partial charge in [0.2, 0.25) is 11.8 Å². The summed E-state index contributed by atoms with van der Waals surface area (Å²) in [5.74, 6) is 0.297. The third-order valence-electron chi connectivity index (χ3n) is 5.13. The van der Waals surface area contributed by atoms with Crippen LogP contribution in [0.5, 0.6) is 5.75 Å². The molecule has 1 N–H and O–H groups in total. The van der Waals surface area contributed by atoms with Crippen molar-refractivity contribution >= 4 is 17.5 Å². The van der Waals surface area contributed by atoms with Crippen molar-refractivity contribution in [1.82, 2.24) is 5.32 Å². The van der Waals surface area contributed by atoms with E-state index < -0.39 is 0 Å². The number of aryl methyl sites for hydroxylation is 1. The van der Waals surface area contributed by atoms with Gasteiger partial charge in [-0.15, -0.1) is 0 Å². The zero-order valence-electron chi connectivity index (χ0n) is 16.1. The van der Waals surface area contributed by atoms with Crippen molar-refractivity contribution in [2.75, 3.05) is 18.6 Å². The van der Waals surface area contributed by atoms with Crippen LogP contribution in [0.15, 0.2) is 48.5 Å². The van der Waals surface area contributed by atoms with Gasteiger partial charge in [0.1, 0.15) is 5.75 Å². The Morgan fingerprint density at radius 2 is 1.85 bits per heavy atom. The highest BCUT2D eigenvalue weighted by Crippen LogP contribution is 2.27. The molecule has 2 aromatic carbocycles. The summed E-state index contributed by atoms with van der Waals surface area (Å²) in [6.45, 7) is 4.49. The zero-order valence-corrected chi connectivity index (χ0v) is 16.1. The number of hydrogen-bond donors (Lipinski definition) is 1. The Morgan fingerprint density at radius 1 is 1.19 bits per heavy atom. The molecule has 1 fully saturated rings. The summed E-state index contributed by atoms with van der Waals surface area (Å²) in [6, 6.07) is 15.5. The van der Waals surface area contributed by atoms with Crippen LogP contribution in [0, 0.1) is 5.92 Å². The van der Waals surface area contributed by atoms with E-state index in [1.165, 1.54) is 5.56 Å². The maximum atomic E-state index is 12.7. The lowest BCUT2D eigenvalue weighted by Crippen LogP contribution is -2.34. The normalized spacial score (nSPS) is 17.7. The van der Waals surface area contributed by atoms with Crippen molar-refractivity contribution in [3.05, 3.63) is 59.7 Å². The van der Waals surface area contributed by atoms with Crippen LogP contribution in [0.25, 0.3) is 0 Å². The fourth-order valence-corrected chi connectivity index (χ4v) is 3.35. The topological polar surface area (TPSA) is 58.6 Å². The van der Waals surface area contributed by atoms with E-state index in [1.54, 1.807) is 12.0 Å². The molecule has 5 nitrogen and oxygen atoms in total. The van der Waals surface area contributed by atoms with Gasteiger partial charge in [0.15, 0.2) is 0 Å². The van der Waals surface area contributed by atoms with Crippen LogP contribution in [0.4, 0.5) is 5.69 Å². The number of rotatable bonds is 6. The van der Waals surface area contributed by atoms with Crippen LogP contribution in [-0.2, 0) is 16.0 Å². The lowest BCUT2D eigenvalue weighted by Gasteiger charge is -2.19. The minimum absolute atomic E-state index is 0.0275. The average Bonchev–Trinajstić information content (AvgIpc) is 3.10. The van der Waals surface area contributed by atoms with E-state index in [0.29, 0.717) is 6.54 Å². The number of methoxy groups -OCH3 is 1. The van der Waals surface area contributed by atoms with Crippen LogP contribution >= 0.6 is 0 Å². The molecule has 0 aromatic heterocycles. The van der Waals surface area contributed by atoms with Gasteiger partial charge in [-0.05, 0) is 48.7 Å². The van der Waals surface area contributed by atoms with Gasteiger partial charge in [0.25, 0.3) is 0 Å². The first kappa shape index (κ1) is 19.0. The molecule has 1 heterocycles. The number of amides is 2. The van der Waals surface area contributed by atoms with E-state index in [-0.39, 0.29) is 30.2 Å². The van der Waals surface area contributed by atoms with Gasteiger partial charge in [0.05, 0.1) is 19.1 Å². The molecule has 1 aliphatic heterocycles. The molecule has 1 saturated heterocycles. The average molecular weight is 366 g/mol. The molecule has 0 radical (unpaired) electrons. The Balaban J connectivity index is 1.62. The van der Waals surface area contributed by atoms with Crippen LogP contribution in [0.1, 0.15) is 37.4 Å². The van der Waals surface area contributed by atoms with E-state index in [1.807, 2.05) is 43.3 Å². The van der Waals surface area contributed by atoms with E-state index in [2.05, 4.69) is 24.4 Å². The monoisotopic (exact) mass is 366 g/mol. The quantitative estimate of drug-likeness (QED) is 0.851. The molecule has 2 unspecified atom stereocenters. The highest BCUT2D eigenvalue weighted by atomic mass is 16.5. The summed E-state index contributed by atoms with van der Waals surface area (Å²) in [4.78, 5) is 26.7. The largest absolute Gasteiger partial charge is 0.497 e. The fourth-order valence-electron chi connectivity index (χ4n) is 3.35. The summed E-state index contributed by atoms with van der Waals surface area (Å²) in [7, 11) is 1.60. The molecular formula is C22H26N2O3. The summed E-state index contributed by atoms with van der Waals surface area (Å²) in [5.41, 5.74) is 3.13. The molecule has 27 heavy (non-hydrogen) atoms. The molecule has 3 rings (SSSR count). The van der Waals surface area contributed by atoms with E-state index in [0.717, 1.165) is 23.4 Å². The molecular weight excluding hydrogens is 340 g/mol. The van der Waals surface area contributed by atoms with Gasteiger partial charge in [-0.25, -0.2) is 0 Å². The first-order valence-corrected chi connectivity index (χ1v) is 9.35. The van der Waals surface area contributed by atoms with Crippen molar-refractivity contribution in [1.29, 1.82) is 0 Å². The Kier molecular flexibility index (Phi) is 5.79. The van der Waals surface area contributed by atoms with Gasteiger partial charge < -0.3 is 15.0 Å². The van der Waals surface area contributed by atoms with Crippen molar-refractivity contribution in [2.45, 2.75) is 32.7 Å². The van der Waals surface area contributed by atoms with Gasteiger partial charge in [-0.1, -0.05) is 31.2 Å². The van der Waals surface area contributed by atoms with Crippen LogP contribution in [0.3, 0.4) is 0 Å². The second-order valence-corrected chi connectivity index (χ2v) is 6.93. The Bertz CT molecular complexity index is 799. The number of nitrogens with zero attached hydrogens (tertiary/aromatic N) is 1. The molecule has 0 spiro atoms. The highest BCUT2D eigenvalue weighted by Gasteiger charge is 2.35. The minimum Gasteiger partial charge on any atom is -0.497 e. The van der Waals surface area contributed by atoms with Crippen LogP contribution in [0.2, 0.25) is 0 Å². The first-order valence-electron chi connectivity index (χ1n) is 9.35. The second-order valence-electron chi connectivity index (χ2n) is 6.93. The Hall–Kier alpha value is -2.82. The molecule has 0 bridgehead atoms. The van der Waals surface area contributed by atoms with Gasteiger partial charge in [0, 0.05) is 18.7 Å². The number of benzene rings is 2. The maximum Gasteiger partial charge on any atom is 0.227 e. The van der Waals surface area contributed by atoms with Gasteiger partial charge in [-0.3, -0.25) is 9.59 Å². The standard InChI is InChI=1S/C22H26N2O3/c1-4-16-5-7-17(8-6-16)15(2)23-22(26)18-13-21(25)24(14-18)19-9-11-20(27-3)12-10-19/h5-12,15,18H,4,13-14H2,1-3H3,(H,23,26). The number of anilines is 1. The third kappa shape index (κ3) is 4.30. The smallest absolute Gasteiger partial charge is 0.227 e. The van der Waals surface area contributed by atoms with E-state index >= 15 is 0 Å². The summed E-state index contributed by atoms with van der Waals surface area (Å²) >= 11 is 0. The zero-order chi connectivity index (χ0) is 19.4. The predicted octanol–water partition coefficient (Wildman–Crippen LogP) is 3.49. The number of carbonyl (C=O) groups excluding carboxylic acids is 2. The number of hydrogen-bond acceptors (Lipinski definition) is 3. The molecule has 2 atom stereocenters. The second kappa shape index (κ2) is 8.25. The summed E-state index contributed by atoms with van der Waals surface area (Å²) < 4.78 is 5.15. The molecule has 2 amide bonds. The molecule has 1 aliphatic rings. The van der Waals surface area contributed by atoms with Crippen LogP contribution in [-0.4, -0.2) is 25.5 Å². The minimum atomic E-state index is -0.336. The molecule has 0 aliphatic carbocycles. The molecule has 142 valence electrons. The number of carbonyl (C=O) groups is 2. The van der Waals surface area contributed by atoms with Crippen molar-refractivity contribution < 1.29 is 14.3 Å². The Labute approximate surface area is 160 Å². The van der Waals surface area contributed by atoms with Crippen molar-refractivity contribution in [3.63, 3.8) is 0 Å². The van der Waals surface area contributed by atoms with Crippen molar-refractivity contribution in [3.8, 4) is 5.75 Å². The SMILES string of the molecule is CCc1ccc(C(C)NC(=O)C2CC(=O)N(c3ccc(OC)cc3)C2)cc1. The van der Waals surface area contributed by atoms with Crippen LogP contribution < -0.4 is 15.0 Å². The lowest BCUT2D eigenvalue weighted by molar-refractivity contribution is -0.126. The lowest BCUT2D eigenvalue weighted by atomic mass is 10.0. The first-order chi connectivity index (χ1) is 13.0. The van der Waals surface area contributed by atoms with Gasteiger partial charge in [-0.2, -0.15) is 0 Å². The number of nitrogens with one attached hydrogen (secondary N) is 1. The van der Waals surface area contributed by atoms with Gasteiger partial charge >= 0.3 is 0 Å². The third-order valence-corrected chi connectivity index (χ3v) is 5.13. The summed E-state index contributed by atoms with van der Waals surface area (Å²) in [6.07, 6.45) is 1.23. The fraction of sp³-hybridized carbons (Fsp3) is 0.364. The Morgan fingerprint density at radius 3 is 2.44 bits per heavy atom. The van der Waals surface area contributed by atoms with E-state index in [9.17, 15) is 9.59 Å². The summed E-state index contributed by atoms with van der Waals surface area (Å²) in [5, 5.41) is 3.05. The molecule has 2 aromatic rings. The predicted molar refractivity (Wildman–Crippen MR) is 106 cm³/mol. The number of ether oxygens (including phenoxy) is 1. The maximum absolute atomic E-state index is 12.7. The highest BCUT2D eigenvalue weighted by molar-refractivity contribution is 6.00. The molecule has 0 saturated carbocycles. The van der Waals surface area contributed by atoms with E-state index in [4.69, 9.17) is 4.74 Å². The van der Waals surface area contributed by atoms with Crippen molar-refractivity contribution in [2.24, 2.45) is 5.92 Å².